The maximum absolute atomic E-state index is 12.2. The standard InChI is InChI=1S/C22H32O3/c1-4-20(24)25-19-8-7-17-16-6-5-14-13-15(23)9-11-21(14,2)18(16)10-12-22(17,19)3/h13,16-19H,4-12H2,1-3H3/t16-,17-,18-,19-,21-,22-/m0/s1/i1D3. The summed E-state index contributed by atoms with van der Waals surface area (Å²) in [6.07, 6.45) is 9.05. The number of allylic oxidation sites excluding steroid dienone is 1. The lowest BCUT2D eigenvalue weighted by molar-refractivity contribution is -0.159. The van der Waals surface area contributed by atoms with Gasteiger partial charge in [0.1, 0.15) is 6.10 Å². The highest BCUT2D eigenvalue weighted by molar-refractivity contribution is 5.91. The van der Waals surface area contributed by atoms with Gasteiger partial charge in [0.15, 0.2) is 5.78 Å². The third kappa shape index (κ3) is 2.52. The molecule has 0 spiro atoms. The highest BCUT2D eigenvalue weighted by Crippen LogP contribution is 2.65. The molecule has 3 nitrogen and oxygen atoms in total. The molecule has 4 rings (SSSR count). The molecule has 0 aromatic rings. The van der Waals surface area contributed by atoms with Gasteiger partial charge in [-0.1, -0.05) is 26.3 Å². The smallest absolute Gasteiger partial charge is 0.305 e. The van der Waals surface area contributed by atoms with Crippen molar-refractivity contribution in [1.29, 1.82) is 0 Å². The first-order valence-electron chi connectivity index (χ1n) is 11.5. The molecule has 0 N–H and O–H groups in total. The minimum Gasteiger partial charge on any atom is -0.462 e. The summed E-state index contributed by atoms with van der Waals surface area (Å²) in [5.41, 5.74) is 1.47. The van der Waals surface area contributed by atoms with E-state index in [0.717, 1.165) is 44.9 Å². The van der Waals surface area contributed by atoms with Gasteiger partial charge < -0.3 is 4.74 Å². The van der Waals surface area contributed by atoms with E-state index in [1.165, 1.54) is 5.57 Å². The molecule has 0 unspecified atom stereocenters. The molecule has 3 fully saturated rings. The van der Waals surface area contributed by atoms with Crippen LogP contribution in [0.15, 0.2) is 11.6 Å². The van der Waals surface area contributed by atoms with Gasteiger partial charge in [-0.2, -0.15) is 0 Å². The first-order valence-corrected chi connectivity index (χ1v) is 9.96. The first kappa shape index (κ1) is 14.0. The SMILES string of the molecule is [2H]C([2H])([2H])CC(=O)O[C@H]1CC[C@H]2[C@@H]3CCC4=CC(=O)CC[C@]4(C)[C@H]3CC[C@]12C. The van der Waals surface area contributed by atoms with E-state index >= 15 is 0 Å². The molecule has 6 atom stereocenters. The fraction of sp³-hybridized carbons (Fsp3) is 0.818. The molecule has 3 heteroatoms. The Balaban J connectivity index is 1.52. The van der Waals surface area contributed by atoms with Crippen molar-refractivity contribution in [3.8, 4) is 0 Å². The second kappa shape index (κ2) is 5.96. The maximum atomic E-state index is 12.2. The molecular weight excluding hydrogens is 312 g/mol. The molecule has 3 saturated carbocycles. The van der Waals surface area contributed by atoms with Crippen molar-refractivity contribution < 1.29 is 18.4 Å². The van der Waals surface area contributed by atoms with Crippen LogP contribution in [0.5, 0.6) is 0 Å². The lowest BCUT2D eigenvalue weighted by atomic mass is 9.47. The number of hydrogen-bond donors (Lipinski definition) is 0. The zero-order chi connectivity index (χ0) is 20.3. The Bertz CT molecular complexity index is 712. The molecule has 4 aliphatic carbocycles. The van der Waals surface area contributed by atoms with Crippen LogP contribution in [-0.2, 0) is 14.3 Å². The fourth-order valence-corrected chi connectivity index (χ4v) is 6.91. The van der Waals surface area contributed by atoms with Crippen molar-refractivity contribution in [1.82, 2.24) is 0 Å². The van der Waals surface area contributed by atoms with E-state index in [0.29, 0.717) is 24.2 Å². The van der Waals surface area contributed by atoms with Gasteiger partial charge in [0.2, 0.25) is 0 Å². The van der Waals surface area contributed by atoms with Crippen LogP contribution in [0.1, 0.15) is 82.6 Å². The number of ketones is 1. The summed E-state index contributed by atoms with van der Waals surface area (Å²) in [7, 11) is 0. The highest BCUT2D eigenvalue weighted by atomic mass is 16.5. The molecule has 138 valence electrons. The molecule has 0 amide bonds. The number of hydrogen-bond acceptors (Lipinski definition) is 3. The molecule has 4 aliphatic rings. The van der Waals surface area contributed by atoms with Crippen LogP contribution in [0.3, 0.4) is 0 Å². The number of ether oxygens (including phenoxy) is 1. The van der Waals surface area contributed by atoms with E-state index in [2.05, 4.69) is 13.8 Å². The predicted octanol–water partition coefficient (Wildman–Crippen LogP) is 4.84. The lowest BCUT2D eigenvalue weighted by Crippen LogP contribution is -2.51. The number of rotatable bonds is 2. The summed E-state index contributed by atoms with van der Waals surface area (Å²) in [5.74, 6) is 1.44. The fourth-order valence-electron chi connectivity index (χ4n) is 6.91. The van der Waals surface area contributed by atoms with Gasteiger partial charge in [0.05, 0.1) is 0 Å². The molecule has 0 aliphatic heterocycles. The van der Waals surface area contributed by atoms with Crippen molar-refractivity contribution in [2.24, 2.45) is 28.6 Å². The van der Waals surface area contributed by atoms with Gasteiger partial charge in [-0.25, -0.2) is 0 Å². The first-order chi connectivity index (χ1) is 13.0. The Morgan fingerprint density at radius 2 is 2.04 bits per heavy atom. The molecule has 25 heavy (non-hydrogen) atoms. The highest BCUT2D eigenvalue weighted by Gasteiger charge is 2.59. The molecular formula is C22H32O3. The van der Waals surface area contributed by atoms with E-state index in [1.54, 1.807) is 0 Å². The minimum atomic E-state index is -2.27. The van der Waals surface area contributed by atoms with Gasteiger partial charge in [-0.05, 0) is 74.2 Å². The summed E-state index contributed by atoms with van der Waals surface area (Å²) in [6.45, 7) is 2.35. The van der Waals surface area contributed by atoms with E-state index < -0.39 is 19.2 Å². The number of fused-ring (bicyclic) bond motifs is 5. The lowest BCUT2D eigenvalue weighted by Gasteiger charge is -2.57. The molecule has 0 heterocycles. The average Bonchev–Trinajstić information content (AvgIpc) is 2.90. The molecule has 0 saturated heterocycles. The Morgan fingerprint density at radius 3 is 2.84 bits per heavy atom. The Kier molecular flexibility index (Phi) is 3.34. The molecule has 0 bridgehead atoms. The van der Waals surface area contributed by atoms with Crippen LogP contribution >= 0.6 is 0 Å². The van der Waals surface area contributed by atoms with Gasteiger partial charge in [0, 0.05) is 22.4 Å². The summed E-state index contributed by atoms with van der Waals surface area (Å²) < 4.78 is 27.7. The van der Waals surface area contributed by atoms with E-state index in [9.17, 15) is 9.59 Å². The van der Waals surface area contributed by atoms with Crippen LogP contribution in [0.25, 0.3) is 0 Å². The van der Waals surface area contributed by atoms with Crippen LogP contribution < -0.4 is 0 Å². The molecule has 0 radical (unpaired) electrons. The van der Waals surface area contributed by atoms with E-state index in [4.69, 9.17) is 8.85 Å². The van der Waals surface area contributed by atoms with Crippen molar-refractivity contribution >= 4 is 11.8 Å². The van der Waals surface area contributed by atoms with Gasteiger partial charge in [-0.15, -0.1) is 0 Å². The monoisotopic (exact) mass is 347 g/mol. The quantitative estimate of drug-likeness (QED) is 0.671. The van der Waals surface area contributed by atoms with Gasteiger partial charge in [-0.3, -0.25) is 9.59 Å². The largest absolute Gasteiger partial charge is 0.462 e. The predicted molar refractivity (Wildman–Crippen MR) is 96.9 cm³/mol. The summed E-state index contributed by atoms with van der Waals surface area (Å²) >= 11 is 0. The maximum Gasteiger partial charge on any atom is 0.305 e. The second-order valence-electron chi connectivity index (χ2n) is 9.25. The van der Waals surface area contributed by atoms with Crippen molar-refractivity contribution in [2.75, 3.05) is 0 Å². The zero-order valence-electron chi connectivity index (χ0n) is 18.5. The van der Waals surface area contributed by atoms with Crippen LogP contribution in [0.4, 0.5) is 0 Å². The summed E-state index contributed by atoms with van der Waals surface area (Å²) in [5, 5.41) is 0. The van der Waals surface area contributed by atoms with Crippen LogP contribution in [0, 0.1) is 28.6 Å². The third-order valence-corrected chi connectivity index (χ3v) is 8.29. The normalized spacial score (nSPS) is 48.2. The second-order valence-corrected chi connectivity index (χ2v) is 9.25. The van der Waals surface area contributed by atoms with Crippen LogP contribution in [-0.4, -0.2) is 17.9 Å². The van der Waals surface area contributed by atoms with Crippen molar-refractivity contribution in [3.63, 3.8) is 0 Å². The number of carbonyl (C=O) groups is 2. The Morgan fingerprint density at radius 1 is 1.20 bits per heavy atom. The Hall–Kier alpha value is -1.12. The molecule has 0 aromatic heterocycles. The number of esters is 1. The zero-order valence-corrected chi connectivity index (χ0v) is 15.5. The van der Waals surface area contributed by atoms with E-state index in [-0.39, 0.29) is 22.7 Å². The minimum absolute atomic E-state index is 0.0480. The third-order valence-electron chi connectivity index (χ3n) is 8.29. The Labute approximate surface area is 155 Å². The summed E-state index contributed by atoms with van der Waals surface area (Å²) in [6, 6.07) is 0. The summed E-state index contributed by atoms with van der Waals surface area (Å²) in [4.78, 5) is 24.1. The topological polar surface area (TPSA) is 43.4 Å². The van der Waals surface area contributed by atoms with Gasteiger partial charge in [0.25, 0.3) is 0 Å². The van der Waals surface area contributed by atoms with Crippen molar-refractivity contribution in [3.05, 3.63) is 11.6 Å². The molecule has 0 aromatic carbocycles. The van der Waals surface area contributed by atoms with Crippen LogP contribution in [0.2, 0.25) is 0 Å². The van der Waals surface area contributed by atoms with E-state index in [1.807, 2.05) is 6.08 Å². The number of carbonyl (C=O) groups excluding carboxylic acids is 2. The van der Waals surface area contributed by atoms with Crippen molar-refractivity contribution in [2.45, 2.75) is 84.6 Å². The average molecular weight is 348 g/mol. The van der Waals surface area contributed by atoms with Gasteiger partial charge >= 0.3 is 5.97 Å².